The lowest BCUT2D eigenvalue weighted by Crippen LogP contribution is -2.32. The number of ketones is 1. The van der Waals surface area contributed by atoms with Crippen LogP contribution >= 0.6 is 0 Å². The van der Waals surface area contributed by atoms with E-state index in [1.54, 1.807) is 61.5 Å². The highest BCUT2D eigenvalue weighted by molar-refractivity contribution is 6.23. The summed E-state index contributed by atoms with van der Waals surface area (Å²) in [5.74, 6) is -0.901. The molecular formula is C42H34N2O6. The number of carbonyl (C=O) groups is 4. The molecule has 2 bridgehead atoms. The van der Waals surface area contributed by atoms with Gasteiger partial charge in [-0.25, -0.2) is 9.78 Å². The monoisotopic (exact) mass is 662 g/mol. The first-order valence-corrected chi connectivity index (χ1v) is 16.8. The van der Waals surface area contributed by atoms with Crippen LogP contribution in [0.3, 0.4) is 0 Å². The van der Waals surface area contributed by atoms with Gasteiger partial charge in [-0.1, -0.05) is 66.2 Å². The summed E-state index contributed by atoms with van der Waals surface area (Å²) in [7, 11) is 0. The van der Waals surface area contributed by atoms with Crippen LogP contribution in [0.2, 0.25) is 0 Å². The smallest absolute Gasteiger partial charge is 0.339 e. The third-order valence-corrected chi connectivity index (χ3v) is 10.1. The number of aryl methyl sites for hydroxylation is 1. The molecule has 5 atom stereocenters. The third kappa shape index (κ3) is 5.56. The highest BCUT2D eigenvalue weighted by atomic mass is 16.5. The van der Waals surface area contributed by atoms with Gasteiger partial charge in [-0.2, -0.15) is 0 Å². The van der Waals surface area contributed by atoms with E-state index < -0.39 is 12.1 Å². The van der Waals surface area contributed by atoms with E-state index in [9.17, 15) is 19.2 Å². The molecule has 1 aliphatic heterocycles. The topological polar surface area (TPSA) is 103 Å². The number of esters is 1. The molecule has 248 valence electrons. The molecule has 2 fully saturated rings. The molecule has 5 aromatic rings. The standard InChI is InChI=1S/C42H34N2O6/c1-24-8-19-35-33(20-24)34(42(48)50-25(2)39(45)28-13-17-32(18-14-28)49-23-26-6-4-3-5-7-26)22-36(43-35)27-11-15-31(16-12-27)44-40(46)37-29-9-10-30(21-29)38(37)41(44)47/h3-20,22,25,29-30,37-38H,21,23H2,1-2H3. The van der Waals surface area contributed by atoms with Crippen LogP contribution in [0.5, 0.6) is 5.75 Å². The van der Waals surface area contributed by atoms with Crippen LogP contribution in [-0.4, -0.2) is 34.7 Å². The molecule has 1 aromatic heterocycles. The molecule has 0 N–H and O–H groups in total. The maximum atomic E-state index is 13.7. The minimum atomic E-state index is -1.05. The second-order valence-electron chi connectivity index (χ2n) is 13.3. The van der Waals surface area contributed by atoms with E-state index >= 15 is 0 Å². The van der Waals surface area contributed by atoms with Crippen molar-refractivity contribution in [3.63, 3.8) is 0 Å². The molecule has 2 heterocycles. The molecule has 1 saturated heterocycles. The van der Waals surface area contributed by atoms with Crippen molar-refractivity contribution in [3.8, 4) is 17.0 Å². The highest BCUT2D eigenvalue weighted by Gasteiger charge is 2.59. The molecule has 0 radical (unpaired) electrons. The number of amides is 2. The summed E-state index contributed by atoms with van der Waals surface area (Å²) in [5, 5.41) is 0.609. The summed E-state index contributed by atoms with van der Waals surface area (Å²) in [4.78, 5) is 59.8. The van der Waals surface area contributed by atoms with Gasteiger partial charge in [-0.15, -0.1) is 0 Å². The maximum Gasteiger partial charge on any atom is 0.339 e. The van der Waals surface area contributed by atoms with Gasteiger partial charge in [0, 0.05) is 16.5 Å². The molecule has 1 saturated carbocycles. The Kier molecular flexibility index (Phi) is 7.86. The van der Waals surface area contributed by atoms with Crippen LogP contribution in [0.1, 0.15) is 45.2 Å². The van der Waals surface area contributed by atoms with E-state index in [4.69, 9.17) is 14.5 Å². The number of ether oxygens (including phenoxy) is 2. The Balaban J connectivity index is 1.00. The average Bonchev–Trinajstić information content (AvgIpc) is 3.84. The Morgan fingerprint density at radius 1 is 0.840 bits per heavy atom. The molecule has 50 heavy (non-hydrogen) atoms. The number of allylic oxidation sites excluding steroid dienone is 2. The first kappa shape index (κ1) is 31.4. The SMILES string of the molecule is Cc1ccc2nc(-c3ccc(N4C(=O)C5C6C=CC(C6)C5C4=O)cc3)cc(C(=O)OC(C)C(=O)c3ccc(OCc4ccccc4)cc3)c2c1. The number of hydrogen-bond acceptors (Lipinski definition) is 7. The zero-order chi connectivity index (χ0) is 34.5. The third-order valence-electron chi connectivity index (χ3n) is 10.1. The van der Waals surface area contributed by atoms with E-state index in [0.717, 1.165) is 17.5 Å². The molecule has 8 heteroatoms. The second kappa shape index (κ2) is 12.5. The van der Waals surface area contributed by atoms with Crippen molar-refractivity contribution in [2.45, 2.75) is 33.0 Å². The number of rotatable bonds is 9. The van der Waals surface area contributed by atoms with Gasteiger partial charge in [0.1, 0.15) is 12.4 Å². The van der Waals surface area contributed by atoms with Crippen molar-refractivity contribution < 1.29 is 28.7 Å². The largest absolute Gasteiger partial charge is 0.489 e. The fourth-order valence-electron chi connectivity index (χ4n) is 7.56. The van der Waals surface area contributed by atoms with Gasteiger partial charge >= 0.3 is 5.97 Å². The van der Waals surface area contributed by atoms with Gasteiger partial charge < -0.3 is 9.47 Å². The summed E-state index contributed by atoms with van der Waals surface area (Å²) < 4.78 is 11.6. The summed E-state index contributed by atoms with van der Waals surface area (Å²) >= 11 is 0. The molecule has 8 rings (SSSR count). The number of aromatic nitrogens is 1. The number of pyridine rings is 1. The number of hydrogen-bond donors (Lipinski definition) is 0. The summed E-state index contributed by atoms with van der Waals surface area (Å²) in [5.41, 5.74) is 4.99. The Morgan fingerprint density at radius 3 is 2.20 bits per heavy atom. The van der Waals surface area contributed by atoms with E-state index in [2.05, 4.69) is 12.2 Å². The van der Waals surface area contributed by atoms with E-state index in [0.29, 0.717) is 45.8 Å². The zero-order valence-corrected chi connectivity index (χ0v) is 27.6. The Labute approximate surface area is 289 Å². The lowest BCUT2D eigenvalue weighted by molar-refractivity contribution is -0.123. The molecule has 2 aliphatic carbocycles. The number of nitrogens with zero attached hydrogens (tertiary/aromatic N) is 2. The normalized spacial score (nSPS) is 21.0. The van der Waals surface area contributed by atoms with E-state index in [1.165, 1.54) is 4.90 Å². The summed E-state index contributed by atoms with van der Waals surface area (Å²) in [6, 6.07) is 31.0. The number of imide groups is 1. The number of benzene rings is 4. The number of fused-ring (bicyclic) bond motifs is 6. The Morgan fingerprint density at radius 2 is 1.52 bits per heavy atom. The Hall–Kier alpha value is -5.89. The summed E-state index contributed by atoms with van der Waals surface area (Å²) in [6.45, 7) is 3.90. The summed E-state index contributed by atoms with van der Waals surface area (Å²) in [6.07, 6.45) is 3.99. The van der Waals surface area contributed by atoms with Gasteiger partial charge in [0.15, 0.2) is 6.10 Å². The predicted octanol–water partition coefficient (Wildman–Crippen LogP) is 7.53. The molecule has 8 nitrogen and oxygen atoms in total. The van der Waals surface area contributed by atoms with Gasteiger partial charge in [0.2, 0.25) is 17.6 Å². The molecule has 4 aromatic carbocycles. The molecule has 3 aliphatic rings. The maximum absolute atomic E-state index is 13.7. The van der Waals surface area contributed by atoms with Crippen molar-refractivity contribution in [2.24, 2.45) is 23.7 Å². The van der Waals surface area contributed by atoms with E-state index in [1.807, 2.05) is 55.5 Å². The lowest BCUT2D eigenvalue weighted by Gasteiger charge is -2.18. The molecular weight excluding hydrogens is 628 g/mol. The van der Waals surface area contributed by atoms with Crippen LogP contribution in [0, 0.1) is 30.6 Å². The minimum absolute atomic E-state index is 0.134. The molecule has 0 spiro atoms. The van der Waals surface area contributed by atoms with Crippen LogP contribution < -0.4 is 9.64 Å². The van der Waals surface area contributed by atoms with Gasteiger partial charge in [-0.3, -0.25) is 19.3 Å². The van der Waals surface area contributed by atoms with Crippen LogP contribution in [0.25, 0.3) is 22.2 Å². The lowest BCUT2D eigenvalue weighted by atomic mass is 9.85. The average molecular weight is 663 g/mol. The quantitative estimate of drug-likeness (QED) is 0.0696. The fourth-order valence-corrected chi connectivity index (χ4v) is 7.56. The Bertz CT molecular complexity index is 2160. The van der Waals surface area contributed by atoms with Gasteiger partial charge in [0.25, 0.3) is 0 Å². The number of anilines is 1. The van der Waals surface area contributed by atoms with Crippen LogP contribution in [0.4, 0.5) is 5.69 Å². The van der Waals surface area contributed by atoms with Gasteiger partial charge in [-0.05, 0) is 92.3 Å². The van der Waals surface area contributed by atoms with Gasteiger partial charge in [0.05, 0.1) is 34.3 Å². The minimum Gasteiger partial charge on any atom is -0.489 e. The second-order valence-corrected chi connectivity index (χ2v) is 13.3. The zero-order valence-electron chi connectivity index (χ0n) is 27.6. The van der Waals surface area contributed by atoms with Crippen LogP contribution in [0.15, 0.2) is 115 Å². The van der Waals surface area contributed by atoms with E-state index in [-0.39, 0.29) is 46.8 Å². The number of carbonyl (C=O) groups excluding carboxylic acids is 4. The highest BCUT2D eigenvalue weighted by Crippen LogP contribution is 2.53. The number of Topliss-reactive ketones (excluding diaryl/α,β-unsaturated/α-hetero) is 1. The predicted molar refractivity (Wildman–Crippen MR) is 189 cm³/mol. The van der Waals surface area contributed by atoms with Crippen molar-refractivity contribution in [1.29, 1.82) is 0 Å². The first-order valence-electron chi connectivity index (χ1n) is 16.8. The fraction of sp³-hybridized carbons (Fsp3) is 0.214. The van der Waals surface area contributed by atoms with Crippen molar-refractivity contribution in [3.05, 3.63) is 138 Å². The molecule has 2 amide bonds. The van der Waals surface area contributed by atoms with Crippen molar-refractivity contribution in [1.82, 2.24) is 4.98 Å². The van der Waals surface area contributed by atoms with Crippen molar-refractivity contribution in [2.75, 3.05) is 4.90 Å². The van der Waals surface area contributed by atoms with Crippen LogP contribution in [-0.2, 0) is 20.9 Å². The molecule has 5 unspecified atom stereocenters. The first-order chi connectivity index (χ1) is 24.2. The van der Waals surface area contributed by atoms with Crippen molar-refractivity contribution >= 4 is 40.2 Å².